The van der Waals surface area contributed by atoms with E-state index in [1.165, 1.54) is 0 Å². The third kappa shape index (κ3) is 5.33. The molecule has 2 fully saturated rings. The van der Waals surface area contributed by atoms with E-state index in [9.17, 15) is 13.2 Å². The van der Waals surface area contributed by atoms with Gasteiger partial charge in [-0.15, -0.1) is 0 Å². The smallest absolute Gasteiger partial charge is 0.253 e. The predicted molar refractivity (Wildman–Crippen MR) is 129 cm³/mol. The first-order valence-corrected chi connectivity index (χ1v) is 13.3. The minimum atomic E-state index is -3.51. The molecule has 1 amide bonds. The lowest BCUT2D eigenvalue weighted by Gasteiger charge is -2.36. The van der Waals surface area contributed by atoms with Gasteiger partial charge < -0.3 is 14.5 Å². The number of amides is 1. The van der Waals surface area contributed by atoms with Crippen LogP contribution in [-0.4, -0.2) is 69.4 Å². The van der Waals surface area contributed by atoms with E-state index >= 15 is 0 Å². The summed E-state index contributed by atoms with van der Waals surface area (Å²) in [6.45, 7) is 6.37. The molecule has 33 heavy (non-hydrogen) atoms. The van der Waals surface area contributed by atoms with E-state index in [-0.39, 0.29) is 10.8 Å². The van der Waals surface area contributed by atoms with Gasteiger partial charge in [-0.1, -0.05) is 25.0 Å². The van der Waals surface area contributed by atoms with Crippen LogP contribution in [0.1, 0.15) is 43.0 Å². The SMILES string of the molecule is CCOc1ccccc1N1CCN(C(=O)c2ccc(S(=O)(=O)N3CCCCCC3)cc2)CC1. The van der Waals surface area contributed by atoms with Gasteiger partial charge in [0.1, 0.15) is 5.75 Å². The molecule has 0 saturated carbocycles. The van der Waals surface area contributed by atoms with Crippen LogP contribution in [0.4, 0.5) is 5.69 Å². The Morgan fingerprint density at radius 3 is 2.12 bits per heavy atom. The van der Waals surface area contributed by atoms with Gasteiger partial charge in [-0.2, -0.15) is 4.31 Å². The quantitative estimate of drug-likeness (QED) is 0.644. The minimum Gasteiger partial charge on any atom is -0.492 e. The summed E-state index contributed by atoms with van der Waals surface area (Å²) in [5, 5.41) is 0. The van der Waals surface area contributed by atoms with Crippen molar-refractivity contribution in [1.82, 2.24) is 9.21 Å². The molecule has 2 saturated heterocycles. The van der Waals surface area contributed by atoms with Crippen molar-refractivity contribution in [1.29, 1.82) is 0 Å². The first-order chi connectivity index (χ1) is 16.0. The highest BCUT2D eigenvalue weighted by molar-refractivity contribution is 7.89. The molecular formula is C25H33N3O4S. The second-order valence-corrected chi connectivity index (χ2v) is 10.5. The first kappa shape index (κ1) is 23.6. The number of benzene rings is 2. The summed E-state index contributed by atoms with van der Waals surface area (Å²) in [7, 11) is -3.51. The van der Waals surface area contributed by atoms with Crippen molar-refractivity contribution in [2.45, 2.75) is 37.5 Å². The van der Waals surface area contributed by atoms with Crippen molar-refractivity contribution in [2.24, 2.45) is 0 Å². The molecule has 0 spiro atoms. The molecule has 2 heterocycles. The van der Waals surface area contributed by atoms with Crippen LogP contribution in [0.5, 0.6) is 5.75 Å². The van der Waals surface area contributed by atoms with Crippen LogP contribution >= 0.6 is 0 Å². The number of carbonyl (C=O) groups excluding carboxylic acids is 1. The Kier molecular flexibility index (Phi) is 7.55. The van der Waals surface area contributed by atoms with Crippen LogP contribution < -0.4 is 9.64 Å². The molecular weight excluding hydrogens is 438 g/mol. The molecule has 0 aromatic heterocycles. The van der Waals surface area contributed by atoms with Crippen LogP contribution in [0.3, 0.4) is 0 Å². The maximum Gasteiger partial charge on any atom is 0.253 e. The number of hydrogen-bond donors (Lipinski definition) is 0. The van der Waals surface area contributed by atoms with E-state index in [4.69, 9.17) is 4.74 Å². The standard InChI is InChI=1S/C25H33N3O4S/c1-2-32-24-10-6-5-9-23(24)26-17-19-27(20-18-26)25(29)21-11-13-22(14-12-21)33(30,31)28-15-7-3-4-8-16-28/h5-6,9-14H,2-4,7-8,15-20H2,1H3. The fourth-order valence-electron chi connectivity index (χ4n) is 4.53. The Morgan fingerprint density at radius 2 is 1.48 bits per heavy atom. The lowest BCUT2D eigenvalue weighted by Crippen LogP contribution is -2.48. The maximum absolute atomic E-state index is 13.0. The van der Waals surface area contributed by atoms with Crippen molar-refractivity contribution >= 4 is 21.6 Å². The van der Waals surface area contributed by atoms with E-state index < -0.39 is 10.0 Å². The van der Waals surface area contributed by atoms with Crippen molar-refractivity contribution in [3.63, 3.8) is 0 Å². The molecule has 7 nitrogen and oxygen atoms in total. The average Bonchev–Trinajstić information content (AvgIpc) is 3.15. The topological polar surface area (TPSA) is 70.2 Å². The Bertz CT molecular complexity index is 1040. The number of nitrogens with zero attached hydrogens (tertiary/aromatic N) is 3. The van der Waals surface area contributed by atoms with Gasteiger partial charge in [0.05, 0.1) is 17.2 Å². The number of sulfonamides is 1. The summed E-state index contributed by atoms with van der Waals surface area (Å²) in [6.07, 6.45) is 3.95. The minimum absolute atomic E-state index is 0.0635. The normalized spacial score (nSPS) is 18.1. The molecule has 2 aliphatic heterocycles. The van der Waals surface area contributed by atoms with Gasteiger partial charge in [0.15, 0.2) is 0 Å². The zero-order valence-electron chi connectivity index (χ0n) is 19.3. The largest absolute Gasteiger partial charge is 0.492 e. The number of para-hydroxylation sites is 2. The zero-order chi connectivity index (χ0) is 23.3. The Morgan fingerprint density at radius 1 is 0.848 bits per heavy atom. The Balaban J connectivity index is 1.39. The van der Waals surface area contributed by atoms with Crippen molar-refractivity contribution < 1.29 is 17.9 Å². The fraction of sp³-hybridized carbons (Fsp3) is 0.480. The highest BCUT2D eigenvalue weighted by Crippen LogP contribution is 2.29. The van der Waals surface area contributed by atoms with Crippen molar-refractivity contribution in [2.75, 3.05) is 50.8 Å². The highest BCUT2D eigenvalue weighted by Gasteiger charge is 2.27. The number of piperazine rings is 1. The van der Waals surface area contributed by atoms with Gasteiger partial charge in [-0.05, 0) is 56.2 Å². The second kappa shape index (κ2) is 10.6. The number of ether oxygens (including phenoxy) is 1. The summed E-state index contributed by atoms with van der Waals surface area (Å²) >= 11 is 0. The van der Waals surface area contributed by atoms with Crippen LogP contribution in [0, 0.1) is 0 Å². The molecule has 2 aromatic carbocycles. The van der Waals surface area contributed by atoms with Gasteiger partial charge >= 0.3 is 0 Å². The van der Waals surface area contributed by atoms with E-state index in [0.717, 1.165) is 50.2 Å². The number of rotatable bonds is 6. The Labute approximate surface area is 197 Å². The van der Waals surface area contributed by atoms with Gasteiger partial charge in [0, 0.05) is 44.8 Å². The van der Waals surface area contributed by atoms with Crippen LogP contribution in [0.2, 0.25) is 0 Å². The van der Waals surface area contributed by atoms with E-state index in [1.54, 1.807) is 28.6 Å². The second-order valence-electron chi connectivity index (χ2n) is 8.52. The molecule has 0 radical (unpaired) electrons. The van der Waals surface area contributed by atoms with Gasteiger partial charge in [0.2, 0.25) is 10.0 Å². The molecule has 8 heteroatoms. The number of hydrogen-bond acceptors (Lipinski definition) is 5. The van der Waals surface area contributed by atoms with Gasteiger partial charge in [0.25, 0.3) is 5.91 Å². The van der Waals surface area contributed by atoms with Crippen molar-refractivity contribution in [3.8, 4) is 5.75 Å². The third-order valence-corrected chi connectivity index (χ3v) is 8.29. The molecule has 4 rings (SSSR count). The van der Waals surface area contributed by atoms with Crippen LogP contribution in [0.25, 0.3) is 0 Å². The third-order valence-electron chi connectivity index (χ3n) is 6.38. The lowest BCUT2D eigenvalue weighted by atomic mass is 10.1. The molecule has 0 atom stereocenters. The highest BCUT2D eigenvalue weighted by atomic mass is 32.2. The summed E-state index contributed by atoms with van der Waals surface area (Å²) in [6, 6.07) is 14.4. The monoisotopic (exact) mass is 471 g/mol. The molecule has 2 aromatic rings. The molecule has 0 aliphatic carbocycles. The molecule has 0 bridgehead atoms. The average molecular weight is 472 g/mol. The van der Waals surface area contributed by atoms with Gasteiger partial charge in [-0.25, -0.2) is 8.42 Å². The van der Waals surface area contributed by atoms with E-state index in [1.807, 2.05) is 36.1 Å². The van der Waals surface area contributed by atoms with Crippen molar-refractivity contribution in [3.05, 3.63) is 54.1 Å². The summed E-state index contributed by atoms with van der Waals surface area (Å²) in [4.78, 5) is 17.4. The molecule has 0 unspecified atom stereocenters. The van der Waals surface area contributed by atoms with E-state index in [0.29, 0.717) is 38.3 Å². The molecule has 0 N–H and O–H groups in total. The summed E-state index contributed by atoms with van der Waals surface area (Å²) < 4.78 is 33.3. The number of carbonyl (C=O) groups is 1. The molecule has 178 valence electrons. The maximum atomic E-state index is 13.0. The summed E-state index contributed by atoms with van der Waals surface area (Å²) in [5.41, 5.74) is 1.57. The Hall–Kier alpha value is -2.58. The summed E-state index contributed by atoms with van der Waals surface area (Å²) in [5.74, 6) is 0.799. The fourth-order valence-corrected chi connectivity index (χ4v) is 6.05. The zero-order valence-corrected chi connectivity index (χ0v) is 20.1. The van der Waals surface area contributed by atoms with E-state index in [2.05, 4.69) is 4.90 Å². The lowest BCUT2D eigenvalue weighted by molar-refractivity contribution is 0.0746. The van der Waals surface area contributed by atoms with Crippen LogP contribution in [-0.2, 0) is 10.0 Å². The molecule has 2 aliphatic rings. The van der Waals surface area contributed by atoms with Crippen LogP contribution in [0.15, 0.2) is 53.4 Å². The number of anilines is 1. The first-order valence-electron chi connectivity index (χ1n) is 11.9. The van der Waals surface area contributed by atoms with Gasteiger partial charge in [-0.3, -0.25) is 4.79 Å². The predicted octanol–water partition coefficient (Wildman–Crippen LogP) is 3.61.